The molecule has 1 N–H and O–H groups in total. The predicted molar refractivity (Wildman–Crippen MR) is 180 cm³/mol. The van der Waals surface area contributed by atoms with Gasteiger partial charge in [0.2, 0.25) is 11.8 Å². The Balaban J connectivity index is 1.87. The number of aryl methyl sites for hydroxylation is 1. The number of carbonyl (C=O) groups excluding carboxylic acids is 2. The van der Waals surface area contributed by atoms with E-state index in [9.17, 15) is 28.1 Å². The number of ether oxygens (including phenoxy) is 1. The molecule has 0 heterocycles. The molecule has 0 saturated carbocycles. The molecule has 4 aromatic carbocycles. The molecule has 14 heteroatoms. The zero-order chi connectivity index (χ0) is 34.3. The number of halogens is 2. The highest BCUT2D eigenvalue weighted by molar-refractivity contribution is 7.92. The van der Waals surface area contributed by atoms with Gasteiger partial charge in [-0.15, -0.1) is 0 Å². The highest BCUT2D eigenvalue weighted by Gasteiger charge is 2.36. The quantitative estimate of drug-likeness (QED) is 0.138. The molecule has 0 spiro atoms. The van der Waals surface area contributed by atoms with Crippen molar-refractivity contribution >= 4 is 56.4 Å². The van der Waals surface area contributed by atoms with Crippen molar-refractivity contribution in [2.24, 2.45) is 0 Å². The number of anilines is 1. The van der Waals surface area contributed by atoms with Crippen molar-refractivity contribution in [3.63, 3.8) is 0 Å². The summed E-state index contributed by atoms with van der Waals surface area (Å²) in [6, 6.07) is 22.4. The fourth-order valence-corrected chi connectivity index (χ4v) is 6.68. The highest BCUT2D eigenvalue weighted by Crippen LogP contribution is 2.36. The maximum Gasteiger partial charge on any atom is 0.273 e. The fourth-order valence-electron chi connectivity index (χ4n) is 4.95. The standard InChI is InChI=1S/C33H32Cl2N4O7S/c1-22-9-15-27(19-28(22)39(42)43)47(44,45)38(29-18-26(35)14-16-31(29)46-3)21-32(40)37(20-24-10-12-25(34)13-11-24)30(33(41)36-2)17-23-7-5-4-6-8-23/h4-16,18-19,30H,17,20-21H2,1-3H3,(H,36,41)/t30-/m1/s1. The summed E-state index contributed by atoms with van der Waals surface area (Å²) < 4.78 is 34.9. The molecule has 2 amide bonds. The van der Waals surface area contributed by atoms with Gasteiger partial charge in [-0.25, -0.2) is 8.42 Å². The van der Waals surface area contributed by atoms with E-state index in [0.717, 1.165) is 15.9 Å². The molecule has 0 aliphatic rings. The first-order chi connectivity index (χ1) is 22.3. The normalized spacial score (nSPS) is 11.8. The van der Waals surface area contributed by atoms with E-state index < -0.39 is 49.9 Å². The Morgan fingerprint density at radius 2 is 1.60 bits per heavy atom. The molecule has 4 aromatic rings. The van der Waals surface area contributed by atoms with Crippen molar-refractivity contribution in [2.75, 3.05) is 25.0 Å². The summed E-state index contributed by atoms with van der Waals surface area (Å²) in [7, 11) is -1.90. The zero-order valence-electron chi connectivity index (χ0n) is 25.7. The van der Waals surface area contributed by atoms with E-state index in [1.54, 1.807) is 24.3 Å². The van der Waals surface area contributed by atoms with Gasteiger partial charge in [0.05, 0.1) is 22.6 Å². The van der Waals surface area contributed by atoms with Crippen LogP contribution in [0.25, 0.3) is 0 Å². The molecule has 1 atom stereocenters. The minimum absolute atomic E-state index is 0.0719. The highest BCUT2D eigenvalue weighted by atomic mass is 35.5. The van der Waals surface area contributed by atoms with Crippen LogP contribution in [0.1, 0.15) is 16.7 Å². The number of likely N-dealkylation sites (N-methyl/N-ethyl adjacent to an activating group) is 1. The van der Waals surface area contributed by atoms with Gasteiger partial charge in [0.15, 0.2) is 0 Å². The van der Waals surface area contributed by atoms with Crippen LogP contribution < -0.4 is 14.4 Å². The number of nitro groups is 1. The number of sulfonamides is 1. The van der Waals surface area contributed by atoms with Gasteiger partial charge in [0, 0.05) is 41.7 Å². The molecule has 0 aliphatic carbocycles. The number of nitro benzene ring substituents is 1. The number of hydrogen-bond donors (Lipinski definition) is 1. The van der Waals surface area contributed by atoms with Gasteiger partial charge < -0.3 is 15.0 Å². The molecular weight excluding hydrogens is 667 g/mol. The van der Waals surface area contributed by atoms with Gasteiger partial charge in [-0.1, -0.05) is 71.7 Å². The average Bonchev–Trinajstić information content (AvgIpc) is 3.05. The molecular formula is C33H32Cl2N4O7S. The first-order valence-electron chi connectivity index (χ1n) is 14.3. The molecule has 0 radical (unpaired) electrons. The molecule has 0 aromatic heterocycles. The van der Waals surface area contributed by atoms with Gasteiger partial charge in [-0.05, 0) is 54.4 Å². The van der Waals surface area contributed by atoms with E-state index in [2.05, 4.69) is 5.32 Å². The van der Waals surface area contributed by atoms with Gasteiger partial charge in [-0.2, -0.15) is 0 Å². The lowest BCUT2D eigenvalue weighted by atomic mass is 10.0. The predicted octanol–water partition coefficient (Wildman–Crippen LogP) is 5.80. The number of nitrogens with zero attached hydrogens (tertiary/aromatic N) is 3. The average molecular weight is 700 g/mol. The first kappa shape index (κ1) is 35.2. The van der Waals surface area contributed by atoms with Crippen molar-refractivity contribution < 1.29 is 27.7 Å². The monoisotopic (exact) mass is 698 g/mol. The zero-order valence-corrected chi connectivity index (χ0v) is 28.1. The summed E-state index contributed by atoms with van der Waals surface area (Å²) >= 11 is 12.4. The van der Waals surface area contributed by atoms with Crippen molar-refractivity contribution in [3.05, 3.63) is 128 Å². The van der Waals surface area contributed by atoms with E-state index in [-0.39, 0.29) is 35.0 Å². The van der Waals surface area contributed by atoms with E-state index in [4.69, 9.17) is 27.9 Å². The van der Waals surface area contributed by atoms with Crippen LogP contribution in [0.3, 0.4) is 0 Å². The summed E-state index contributed by atoms with van der Waals surface area (Å²) in [5.41, 5.74) is 1.15. The summed E-state index contributed by atoms with van der Waals surface area (Å²) in [6.45, 7) is 0.601. The van der Waals surface area contributed by atoms with E-state index in [1.165, 1.54) is 56.3 Å². The molecule has 0 unspecified atom stereocenters. The molecule has 11 nitrogen and oxygen atoms in total. The third-order valence-corrected chi connectivity index (χ3v) is 9.68. The van der Waals surface area contributed by atoms with Gasteiger partial charge in [0.1, 0.15) is 18.3 Å². The Morgan fingerprint density at radius 3 is 2.21 bits per heavy atom. The molecule has 47 heavy (non-hydrogen) atoms. The summed E-state index contributed by atoms with van der Waals surface area (Å²) in [5.74, 6) is -1.14. The topological polar surface area (TPSA) is 139 Å². The Kier molecular flexibility index (Phi) is 11.5. The third-order valence-electron chi connectivity index (χ3n) is 7.44. The number of benzene rings is 4. The molecule has 0 fully saturated rings. The van der Waals surface area contributed by atoms with Crippen molar-refractivity contribution in [3.8, 4) is 5.75 Å². The number of carbonyl (C=O) groups is 2. The maximum absolute atomic E-state index is 14.5. The van der Waals surface area contributed by atoms with Crippen LogP contribution in [0.2, 0.25) is 10.0 Å². The van der Waals surface area contributed by atoms with Crippen molar-refractivity contribution in [1.29, 1.82) is 0 Å². The minimum Gasteiger partial charge on any atom is -0.495 e. The lowest BCUT2D eigenvalue weighted by Crippen LogP contribution is -2.53. The Bertz CT molecular complexity index is 1870. The van der Waals surface area contributed by atoms with Gasteiger partial charge in [0.25, 0.3) is 15.7 Å². The van der Waals surface area contributed by atoms with Crippen LogP contribution in [0.4, 0.5) is 11.4 Å². The van der Waals surface area contributed by atoms with Crippen molar-refractivity contribution in [2.45, 2.75) is 30.8 Å². The van der Waals surface area contributed by atoms with Gasteiger partial charge in [-0.3, -0.25) is 24.0 Å². The first-order valence-corrected chi connectivity index (χ1v) is 16.5. The molecule has 0 bridgehead atoms. The number of rotatable bonds is 13. The largest absolute Gasteiger partial charge is 0.495 e. The molecule has 0 saturated heterocycles. The minimum atomic E-state index is -4.67. The van der Waals surface area contributed by atoms with Crippen LogP contribution in [0.15, 0.2) is 95.9 Å². The smallest absolute Gasteiger partial charge is 0.273 e. The van der Waals surface area contributed by atoms with E-state index in [0.29, 0.717) is 10.6 Å². The van der Waals surface area contributed by atoms with E-state index >= 15 is 0 Å². The Morgan fingerprint density at radius 1 is 0.936 bits per heavy atom. The van der Waals surface area contributed by atoms with E-state index in [1.807, 2.05) is 30.3 Å². The second-order valence-electron chi connectivity index (χ2n) is 10.5. The second-order valence-corrected chi connectivity index (χ2v) is 13.2. The number of amides is 2. The summed E-state index contributed by atoms with van der Waals surface area (Å²) in [5, 5.41) is 15.0. The van der Waals surface area contributed by atoms with Crippen LogP contribution >= 0.6 is 23.2 Å². The van der Waals surface area contributed by atoms with Crippen LogP contribution in [0, 0.1) is 17.0 Å². The molecule has 0 aliphatic heterocycles. The molecule has 246 valence electrons. The SMILES string of the molecule is CNC(=O)[C@@H](Cc1ccccc1)N(Cc1ccc(Cl)cc1)C(=O)CN(c1cc(Cl)ccc1OC)S(=O)(=O)c1ccc(C)c([N+](=O)[O-])c1. The third kappa shape index (κ3) is 8.39. The van der Waals surface area contributed by atoms with Crippen LogP contribution in [-0.4, -0.2) is 56.8 Å². The number of hydrogen-bond acceptors (Lipinski definition) is 7. The lowest BCUT2D eigenvalue weighted by Gasteiger charge is -2.34. The van der Waals surface area contributed by atoms with Crippen LogP contribution in [-0.2, 0) is 32.6 Å². The summed E-state index contributed by atoms with van der Waals surface area (Å²) in [6.07, 6.45) is 0.122. The number of nitrogens with one attached hydrogen (secondary N) is 1. The van der Waals surface area contributed by atoms with Gasteiger partial charge >= 0.3 is 0 Å². The number of methoxy groups -OCH3 is 1. The van der Waals surface area contributed by atoms with Crippen molar-refractivity contribution in [1.82, 2.24) is 10.2 Å². The van der Waals surface area contributed by atoms with Crippen LogP contribution in [0.5, 0.6) is 5.75 Å². The Labute approximate surface area is 282 Å². The second kappa shape index (κ2) is 15.3. The lowest BCUT2D eigenvalue weighted by molar-refractivity contribution is -0.385. The molecule has 4 rings (SSSR count). The maximum atomic E-state index is 14.5. The summed E-state index contributed by atoms with van der Waals surface area (Å²) in [4.78, 5) is 39.8. The fraction of sp³-hybridized carbons (Fsp3) is 0.212. The Hall–Kier alpha value is -4.65.